The van der Waals surface area contributed by atoms with Crippen LogP contribution in [0.1, 0.15) is 5.69 Å². The largest absolute Gasteiger partial charge is 0.346 e. The topological polar surface area (TPSA) is 19.4 Å². The molecule has 0 unspecified atom stereocenters. The molecule has 15 heavy (non-hydrogen) atoms. The zero-order valence-electron chi connectivity index (χ0n) is 9.15. The summed E-state index contributed by atoms with van der Waals surface area (Å²) in [5, 5.41) is 3.29. The summed E-state index contributed by atoms with van der Waals surface area (Å²) < 4.78 is 0. The molecule has 1 aromatic rings. The molecule has 1 saturated heterocycles. The summed E-state index contributed by atoms with van der Waals surface area (Å²) in [4.78, 5) is 9.30. The summed E-state index contributed by atoms with van der Waals surface area (Å²) in [7, 11) is 0. The second-order valence-corrected chi connectivity index (χ2v) is 4.68. The fourth-order valence-electron chi connectivity index (χ4n) is 1.79. The number of anilines is 1. The van der Waals surface area contributed by atoms with E-state index >= 15 is 0 Å². The minimum atomic E-state index is 1.00. The number of thiazole rings is 1. The molecule has 1 fully saturated rings. The van der Waals surface area contributed by atoms with Gasteiger partial charge in [-0.05, 0) is 6.92 Å². The van der Waals surface area contributed by atoms with E-state index in [1.807, 2.05) is 13.0 Å². The Hall–Kier alpha value is -0.870. The highest BCUT2D eigenvalue weighted by Crippen LogP contribution is 2.21. The summed E-state index contributed by atoms with van der Waals surface area (Å²) in [5.74, 6) is 0. The average Bonchev–Trinajstić information content (AvgIpc) is 2.67. The molecule has 4 heteroatoms. The van der Waals surface area contributed by atoms with Gasteiger partial charge >= 0.3 is 0 Å². The van der Waals surface area contributed by atoms with Crippen LogP contribution in [0.2, 0.25) is 0 Å². The quantitative estimate of drug-likeness (QED) is 0.728. The number of aromatic nitrogens is 1. The van der Waals surface area contributed by atoms with Crippen LogP contribution in [0, 0.1) is 6.92 Å². The van der Waals surface area contributed by atoms with Gasteiger partial charge in [0, 0.05) is 38.1 Å². The lowest BCUT2D eigenvalue weighted by Crippen LogP contribution is -2.46. The van der Waals surface area contributed by atoms with Crippen molar-refractivity contribution in [2.75, 3.05) is 37.6 Å². The van der Waals surface area contributed by atoms with Gasteiger partial charge in [0.25, 0.3) is 0 Å². The van der Waals surface area contributed by atoms with Crippen LogP contribution in [-0.2, 0) is 0 Å². The standard InChI is InChI=1S/C11H17N3S/c1-3-4-13-5-7-14(8-6-13)11-12-10(2)9-15-11/h3,9H,1,4-8H2,2H3. The van der Waals surface area contributed by atoms with Crippen LogP contribution in [0.25, 0.3) is 0 Å². The van der Waals surface area contributed by atoms with Gasteiger partial charge in [-0.15, -0.1) is 17.9 Å². The van der Waals surface area contributed by atoms with Crippen molar-refractivity contribution in [1.82, 2.24) is 9.88 Å². The van der Waals surface area contributed by atoms with Gasteiger partial charge in [-0.25, -0.2) is 4.98 Å². The van der Waals surface area contributed by atoms with Crippen molar-refractivity contribution in [2.45, 2.75) is 6.92 Å². The Kier molecular flexibility index (Phi) is 3.38. The fourth-order valence-corrected chi connectivity index (χ4v) is 2.65. The van der Waals surface area contributed by atoms with E-state index in [0.29, 0.717) is 0 Å². The van der Waals surface area contributed by atoms with Gasteiger partial charge in [0.15, 0.2) is 5.13 Å². The molecule has 2 heterocycles. The molecule has 82 valence electrons. The van der Waals surface area contributed by atoms with Gasteiger partial charge in [0.05, 0.1) is 5.69 Å². The van der Waals surface area contributed by atoms with Crippen molar-refractivity contribution in [3.05, 3.63) is 23.7 Å². The van der Waals surface area contributed by atoms with Gasteiger partial charge < -0.3 is 4.90 Å². The van der Waals surface area contributed by atoms with Gasteiger partial charge in [-0.3, -0.25) is 4.90 Å². The lowest BCUT2D eigenvalue weighted by molar-refractivity contribution is 0.284. The summed E-state index contributed by atoms with van der Waals surface area (Å²) in [6.07, 6.45) is 1.98. The minimum Gasteiger partial charge on any atom is -0.346 e. The summed E-state index contributed by atoms with van der Waals surface area (Å²) in [6.45, 7) is 11.2. The molecule has 0 radical (unpaired) electrons. The highest BCUT2D eigenvalue weighted by molar-refractivity contribution is 7.13. The van der Waals surface area contributed by atoms with Crippen molar-refractivity contribution in [1.29, 1.82) is 0 Å². The zero-order chi connectivity index (χ0) is 10.7. The van der Waals surface area contributed by atoms with Gasteiger partial charge in [-0.1, -0.05) is 6.08 Å². The van der Waals surface area contributed by atoms with Crippen molar-refractivity contribution in [3.8, 4) is 0 Å². The highest BCUT2D eigenvalue weighted by atomic mass is 32.1. The second kappa shape index (κ2) is 4.77. The lowest BCUT2D eigenvalue weighted by Gasteiger charge is -2.33. The Bertz CT molecular complexity index is 326. The summed E-state index contributed by atoms with van der Waals surface area (Å²) >= 11 is 1.75. The van der Waals surface area contributed by atoms with E-state index in [-0.39, 0.29) is 0 Å². The number of rotatable bonds is 3. The van der Waals surface area contributed by atoms with Crippen LogP contribution in [-0.4, -0.2) is 42.6 Å². The van der Waals surface area contributed by atoms with Crippen LogP contribution < -0.4 is 4.90 Å². The SMILES string of the molecule is C=CCN1CCN(c2nc(C)cs2)CC1. The van der Waals surface area contributed by atoms with Crippen LogP contribution in [0.5, 0.6) is 0 Å². The van der Waals surface area contributed by atoms with E-state index in [4.69, 9.17) is 0 Å². The van der Waals surface area contributed by atoms with Gasteiger partial charge in [-0.2, -0.15) is 0 Å². The second-order valence-electron chi connectivity index (χ2n) is 3.85. The number of hydrogen-bond acceptors (Lipinski definition) is 4. The van der Waals surface area contributed by atoms with Crippen LogP contribution in [0.3, 0.4) is 0 Å². The number of nitrogens with zero attached hydrogens (tertiary/aromatic N) is 3. The molecule has 0 bridgehead atoms. The van der Waals surface area contributed by atoms with Crippen molar-refractivity contribution in [3.63, 3.8) is 0 Å². The first kappa shape index (κ1) is 10.6. The summed E-state index contributed by atoms with van der Waals surface area (Å²) in [6, 6.07) is 0. The maximum atomic E-state index is 4.51. The molecule has 0 atom stereocenters. The predicted molar refractivity (Wildman–Crippen MR) is 65.7 cm³/mol. The minimum absolute atomic E-state index is 1.00. The van der Waals surface area contributed by atoms with E-state index in [1.165, 1.54) is 5.13 Å². The first-order valence-electron chi connectivity index (χ1n) is 5.30. The Morgan fingerprint density at radius 3 is 2.73 bits per heavy atom. The van der Waals surface area contributed by atoms with Crippen LogP contribution >= 0.6 is 11.3 Å². The number of hydrogen-bond donors (Lipinski definition) is 0. The van der Waals surface area contributed by atoms with Crippen molar-refractivity contribution in [2.24, 2.45) is 0 Å². The molecule has 0 aliphatic carbocycles. The molecule has 0 amide bonds. The normalized spacial score (nSPS) is 18.1. The highest BCUT2D eigenvalue weighted by Gasteiger charge is 2.17. The van der Waals surface area contributed by atoms with E-state index < -0.39 is 0 Å². The smallest absolute Gasteiger partial charge is 0.185 e. The van der Waals surface area contributed by atoms with E-state index in [9.17, 15) is 0 Å². The molecule has 0 aromatic carbocycles. The van der Waals surface area contributed by atoms with E-state index in [0.717, 1.165) is 38.4 Å². The molecule has 0 spiro atoms. The van der Waals surface area contributed by atoms with Crippen LogP contribution in [0.15, 0.2) is 18.0 Å². The third kappa shape index (κ3) is 2.58. The maximum Gasteiger partial charge on any atom is 0.185 e. The lowest BCUT2D eigenvalue weighted by atomic mass is 10.3. The third-order valence-corrected chi connectivity index (χ3v) is 3.66. The molecular formula is C11H17N3S. The van der Waals surface area contributed by atoms with Crippen molar-refractivity contribution >= 4 is 16.5 Å². The van der Waals surface area contributed by atoms with E-state index in [2.05, 4.69) is 26.7 Å². The first-order chi connectivity index (χ1) is 7.29. The molecule has 2 rings (SSSR count). The Morgan fingerprint density at radius 1 is 1.47 bits per heavy atom. The maximum absolute atomic E-state index is 4.51. The monoisotopic (exact) mass is 223 g/mol. The molecule has 3 nitrogen and oxygen atoms in total. The number of piperazine rings is 1. The van der Waals surface area contributed by atoms with E-state index in [1.54, 1.807) is 11.3 Å². The van der Waals surface area contributed by atoms with Gasteiger partial charge in [0.1, 0.15) is 0 Å². The average molecular weight is 223 g/mol. The molecule has 0 saturated carbocycles. The molecule has 1 aliphatic rings. The molecular weight excluding hydrogens is 206 g/mol. The Labute approximate surface area is 95.0 Å². The predicted octanol–water partition coefficient (Wildman–Crippen LogP) is 1.76. The molecule has 1 aliphatic heterocycles. The first-order valence-corrected chi connectivity index (χ1v) is 6.18. The fraction of sp³-hybridized carbons (Fsp3) is 0.545. The van der Waals surface area contributed by atoms with Crippen LogP contribution in [0.4, 0.5) is 5.13 Å². The van der Waals surface area contributed by atoms with Crippen molar-refractivity contribution < 1.29 is 0 Å². The molecule has 1 aromatic heterocycles. The van der Waals surface area contributed by atoms with Gasteiger partial charge in [0.2, 0.25) is 0 Å². The zero-order valence-corrected chi connectivity index (χ0v) is 9.96. The third-order valence-electron chi connectivity index (χ3n) is 2.64. The Morgan fingerprint density at radius 2 is 2.20 bits per heavy atom. The Balaban J connectivity index is 1.90. The number of aryl methyl sites for hydroxylation is 1. The molecule has 0 N–H and O–H groups in total. The summed E-state index contributed by atoms with van der Waals surface area (Å²) in [5.41, 5.74) is 1.13.